The van der Waals surface area contributed by atoms with Crippen LogP contribution in [0.15, 0.2) is 77.8 Å². The Balaban J connectivity index is 1.51. The van der Waals surface area contributed by atoms with Crippen LogP contribution in [0.2, 0.25) is 0 Å². The smallest absolute Gasteiger partial charge is 0.262 e. The van der Waals surface area contributed by atoms with Crippen molar-refractivity contribution in [1.29, 1.82) is 0 Å². The molecule has 0 saturated heterocycles. The van der Waals surface area contributed by atoms with Gasteiger partial charge in [0, 0.05) is 11.9 Å². The molecule has 0 heterocycles. The van der Waals surface area contributed by atoms with E-state index in [1.165, 1.54) is 5.56 Å². The Bertz CT molecular complexity index is 945. The van der Waals surface area contributed by atoms with Crippen molar-refractivity contribution >= 4 is 23.5 Å². The van der Waals surface area contributed by atoms with E-state index in [0.717, 1.165) is 28.9 Å². The predicted octanol–water partition coefficient (Wildman–Crippen LogP) is 5.33. The van der Waals surface area contributed by atoms with Crippen LogP contribution in [0.5, 0.6) is 5.75 Å². The average molecular weight is 372 g/mol. The van der Waals surface area contributed by atoms with Gasteiger partial charge in [-0.3, -0.25) is 9.79 Å². The second-order valence-corrected chi connectivity index (χ2v) is 6.55. The number of rotatable bonds is 7. The highest BCUT2D eigenvalue weighted by Gasteiger charge is 2.04. The summed E-state index contributed by atoms with van der Waals surface area (Å²) in [5, 5.41) is 2.83. The third-order valence-corrected chi connectivity index (χ3v) is 4.26. The number of nitrogens with one attached hydrogen (secondary N) is 1. The zero-order valence-corrected chi connectivity index (χ0v) is 16.2. The molecule has 0 bridgehead atoms. The molecule has 0 unspecified atom stereocenters. The van der Waals surface area contributed by atoms with Gasteiger partial charge in [0.2, 0.25) is 0 Å². The fourth-order valence-electron chi connectivity index (χ4n) is 2.69. The van der Waals surface area contributed by atoms with Crippen LogP contribution in [0, 0.1) is 6.92 Å². The van der Waals surface area contributed by atoms with E-state index in [1.54, 1.807) is 0 Å². The third kappa shape index (κ3) is 5.81. The van der Waals surface area contributed by atoms with E-state index in [2.05, 4.69) is 29.4 Å². The normalized spacial score (nSPS) is 10.8. The number of nitrogens with zero attached hydrogens (tertiary/aromatic N) is 1. The Morgan fingerprint density at radius 1 is 1.04 bits per heavy atom. The molecule has 0 aliphatic carbocycles. The maximum atomic E-state index is 12.0. The number of hydrogen-bond donors (Lipinski definition) is 1. The second-order valence-electron chi connectivity index (χ2n) is 6.55. The third-order valence-electron chi connectivity index (χ3n) is 4.26. The molecule has 0 fully saturated rings. The molecular weight excluding hydrogens is 348 g/mol. The van der Waals surface area contributed by atoms with Gasteiger partial charge in [-0.25, -0.2) is 0 Å². The SMILES string of the molecule is CCc1ccc(N=Cc2ccc(OCC(=O)Nc3cccc(C)c3)cc2)cc1. The summed E-state index contributed by atoms with van der Waals surface area (Å²) in [7, 11) is 0. The quantitative estimate of drug-likeness (QED) is 0.570. The minimum Gasteiger partial charge on any atom is -0.484 e. The first-order valence-corrected chi connectivity index (χ1v) is 9.35. The average Bonchev–Trinajstić information content (AvgIpc) is 2.72. The lowest BCUT2D eigenvalue weighted by Crippen LogP contribution is -2.20. The van der Waals surface area contributed by atoms with Gasteiger partial charge in [-0.1, -0.05) is 31.2 Å². The highest BCUT2D eigenvalue weighted by atomic mass is 16.5. The summed E-state index contributed by atoms with van der Waals surface area (Å²) >= 11 is 0. The van der Waals surface area contributed by atoms with Crippen LogP contribution >= 0.6 is 0 Å². The van der Waals surface area contributed by atoms with Crippen LogP contribution in [-0.2, 0) is 11.2 Å². The molecule has 1 amide bonds. The molecule has 4 nitrogen and oxygen atoms in total. The molecule has 0 aliphatic rings. The molecule has 142 valence electrons. The first-order valence-electron chi connectivity index (χ1n) is 9.35. The van der Waals surface area contributed by atoms with Crippen molar-refractivity contribution in [1.82, 2.24) is 0 Å². The standard InChI is InChI=1S/C24H24N2O2/c1-3-19-7-11-21(12-8-19)25-16-20-9-13-23(14-10-20)28-17-24(27)26-22-6-4-5-18(2)15-22/h4-16H,3,17H2,1-2H3,(H,26,27). The highest BCUT2D eigenvalue weighted by molar-refractivity contribution is 5.92. The molecule has 3 aromatic carbocycles. The van der Waals surface area contributed by atoms with E-state index in [4.69, 9.17) is 4.74 Å². The van der Waals surface area contributed by atoms with E-state index in [9.17, 15) is 4.79 Å². The largest absolute Gasteiger partial charge is 0.484 e. The van der Waals surface area contributed by atoms with Gasteiger partial charge < -0.3 is 10.1 Å². The number of aryl methyl sites for hydroxylation is 2. The monoisotopic (exact) mass is 372 g/mol. The molecule has 0 radical (unpaired) electrons. The van der Waals surface area contributed by atoms with E-state index in [-0.39, 0.29) is 12.5 Å². The lowest BCUT2D eigenvalue weighted by molar-refractivity contribution is -0.118. The van der Waals surface area contributed by atoms with Crippen molar-refractivity contribution in [3.05, 3.63) is 89.5 Å². The van der Waals surface area contributed by atoms with Crippen molar-refractivity contribution in [2.75, 3.05) is 11.9 Å². The van der Waals surface area contributed by atoms with E-state index in [1.807, 2.05) is 73.8 Å². The van der Waals surface area contributed by atoms with Crippen LogP contribution in [-0.4, -0.2) is 18.7 Å². The minimum absolute atomic E-state index is 0.0366. The van der Waals surface area contributed by atoms with E-state index < -0.39 is 0 Å². The number of anilines is 1. The van der Waals surface area contributed by atoms with Crippen LogP contribution in [0.3, 0.4) is 0 Å². The van der Waals surface area contributed by atoms with Gasteiger partial charge in [0.1, 0.15) is 5.75 Å². The summed E-state index contributed by atoms with van der Waals surface area (Å²) in [5.74, 6) is 0.454. The van der Waals surface area contributed by atoms with E-state index >= 15 is 0 Å². The highest BCUT2D eigenvalue weighted by Crippen LogP contribution is 2.15. The number of aliphatic imine (C=N–C) groups is 1. The predicted molar refractivity (Wildman–Crippen MR) is 115 cm³/mol. The maximum Gasteiger partial charge on any atom is 0.262 e. The molecular formula is C24H24N2O2. The lowest BCUT2D eigenvalue weighted by Gasteiger charge is -2.08. The molecule has 4 heteroatoms. The van der Waals surface area contributed by atoms with Gasteiger partial charge in [0.05, 0.1) is 5.69 Å². The van der Waals surface area contributed by atoms with Crippen LogP contribution in [0.25, 0.3) is 0 Å². The number of carbonyl (C=O) groups excluding carboxylic acids is 1. The molecule has 3 aromatic rings. The molecule has 28 heavy (non-hydrogen) atoms. The minimum atomic E-state index is -0.188. The van der Waals surface area contributed by atoms with Crippen molar-refractivity contribution in [2.24, 2.45) is 4.99 Å². The summed E-state index contributed by atoms with van der Waals surface area (Å²) in [6, 6.07) is 23.4. The van der Waals surface area contributed by atoms with Gasteiger partial charge in [0.25, 0.3) is 5.91 Å². The molecule has 0 aliphatic heterocycles. The number of benzene rings is 3. The van der Waals surface area contributed by atoms with Crippen LogP contribution in [0.4, 0.5) is 11.4 Å². The van der Waals surface area contributed by atoms with Gasteiger partial charge in [-0.2, -0.15) is 0 Å². The Labute approximate surface area is 165 Å². The Kier molecular flexibility index (Phi) is 6.58. The maximum absolute atomic E-state index is 12.0. The van der Waals surface area contributed by atoms with Crippen LogP contribution < -0.4 is 10.1 Å². The lowest BCUT2D eigenvalue weighted by atomic mass is 10.1. The molecule has 0 saturated carbocycles. The van der Waals surface area contributed by atoms with Crippen molar-refractivity contribution in [2.45, 2.75) is 20.3 Å². The zero-order valence-electron chi connectivity index (χ0n) is 16.2. The van der Waals surface area contributed by atoms with Crippen molar-refractivity contribution in [3.8, 4) is 5.75 Å². The van der Waals surface area contributed by atoms with Gasteiger partial charge >= 0.3 is 0 Å². The summed E-state index contributed by atoms with van der Waals surface area (Å²) < 4.78 is 5.56. The fraction of sp³-hybridized carbons (Fsp3) is 0.167. The van der Waals surface area contributed by atoms with Gasteiger partial charge in [-0.05, 0) is 78.6 Å². The number of ether oxygens (including phenoxy) is 1. The van der Waals surface area contributed by atoms with Gasteiger partial charge in [-0.15, -0.1) is 0 Å². The number of amides is 1. The van der Waals surface area contributed by atoms with E-state index in [0.29, 0.717) is 5.75 Å². The number of hydrogen-bond acceptors (Lipinski definition) is 3. The summed E-state index contributed by atoms with van der Waals surface area (Å²) in [4.78, 5) is 16.5. The van der Waals surface area contributed by atoms with Crippen molar-refractivity contribution in [3.63, 3.8) is 0 Å². The molecule has 0 atom stereocenters. The van der Waals surface area contributed by atoms with Gasteiger partial charge in [0.15, 0.2) is 6.61 Å². The summed E-state index contributed by atoms with van der Waals surface area (Å²) in [6.07, 6.45) is 2.84. The molecule has 3 rings (SSSR count). The van der Waals surface area contributed by atoms with Crippen LogP contribution in [0.1, 0.15) is 23.6 Å². The molecule has 0 aromatic heterocycles. The first kappa shape index (κ1) is 19.4. The first-order chi connectivity index (χ1) is 13.6. The summed E-state index contributed by atoms with van der Waals surface area (Å²) in [5.41, 5.74) is 5.05. The molecule has 1 N–H and O–H groups in total. The zero-order chi connectivity index (χ0) is 19.8. The fourth-order valence-corrected chi connectivity index (χ4v) is 2.69. The Morgan fingerprint density at radius 3 is 2.46 bits per heavy atom. The Morgan fingerprint density at radius 2 is 1.79 bits per heavy atom. The Hall–Kier alpha value is -3.40. The second kappa shape index (κ2) is 9.51. The van der Waals surface area contributed by atoms with Crippen molar-refractivity contribution < 1.29 is 9.53 Å². The summed E-state index contributed by atoms with van der Waals surface area (Å²) in [6.45, 7) is 4.08. The molecule has 0 spiro atoms. The number of carbonyl (C=O) groups is 1. The topological polar surface area (TPSA) is 50.7 Å².